The molecule has 2 heterocycles. The molecule has 0 amide bonds. The van der Waals surface area contributed by atoms with E-state index in [0.717, 1.165) is 11.3 Å². The minimum atomic E-state index is -0.998. The molecule has 2 aromatic rings. The Morgan fingerprint density at radius 1 is 1.53 bits per heavy atom. The highest BCUT2D eigenvalue weighted by molar-refractivity contribution is 5.94. The molecular weight excluding hydrogens is 194 g/mol. The third-order valence-electron chi connectivity index (χ3n) is 2.15. The summed E-state index contributed by atoms with van der Waals surface area (Å²) < 4.78 is 0. The quantitative estimate of drug-likeness (QED) is 0.774. The molecule has 2 rings (SSSR count). The second kappa shape index (κ2) is 3.53. The fraction of sp³-hybridized carbons (Fsp3) is 0.100. The summed E-state index contributed by atoms with van der Waals surface area (Å²) in [5.74, 6) is -0.998. The van der Waals surface area contributed by atoms with E-state index in [1.54, 1.807) is 12.3 Å². The van der Waals surface area contributed by atoms with E-state index in [4.69, 9.17) is 5.11 Å². The molecule has 0 fully saturated rings. The van der Waals surface area contributed by atoms with Gasteiger partial charge in [-0.05, 0) is 19.1 Å². The Balaban J connectivity index is 2.59. The highest BCUT2D eigenvalue weighted by atomic mass is 16.4. The number of aromatic amines is 1. The Morgan fingerprint density at radius 3 is 3.00 bits per heavy atom. The molecule has 2 N–H and O–H groups in total. The Labute approximate surface area is 85.8 Å². The maximum absolute atomic E-state index is 10.9. The number of aromatic nitrogens is 3. The summed E-state index contributed by atoms with van der Waals surface area (Å²) in [6, 6.07) is 3.57. The van der Waals surface area contributed by atoms with Crippen molar-refractivity contribution >= 4 is 5.97 Å². The van der Waals surface area contributed by atoms with E-state index >= 15 is 0 Å². The Morgan fingerprint density at radius 2 is 2.33 bits per heavy atom. The summed E-state index contributed by atoms with van der Waals surface area (Å²) in [6.45, 7) is 1.82. The number of carboxylic acids is 1. The van der Waals surface area contributed by atoms with Gasteiger partial charge in [0.15, 0.2) is 0 Å². The summed E-state index contributed by atoms with van der Waals surface area (Å²) in [5, 5.41) is 15.3. The zero-order valence-electron chi connectivity index (χ0n) is 8.06. The van der Waals surface area contributed by atoms with Gasteiger partial charge in [0.1, 0.15) is 5.56 Å². The van der Waals surface area contributed by atoms with Gasteiger partial charge in [0.05, 0.1) is 11.9 Å². The van der Waals surface area contributed by atoms with E-state index in [1.807, 2.05) is 13.0 Å². The highest BCUT2D eigenvalue weighted by Gasteiger charge is 2.15. The van der Waals surface area contributed by atoms with E-state index in [-0.39, 0.29) is 5.56 Å². The predicted molar refractivity (Wildman–Crippen MR) is 53.5 cm³/mol. The zero-order chi connectivity index (χ0) is 10.8. The number of pyridine rings is 1. The third kappa shape index (κ3) is 1.59. The first kappa shape index (κ1) is 9.39. The summed E-state index contributed by atoms with van der Waals surface area (Å²) in [5.41, 5.74) is 2.18. The van der Waals surface area contributed by atoms with Crippen molar-refractivity contribution in [2.45, 2.75) is 6.92 Å². The van der Waals surface area contributed by atoms with Gasteiger partial charge in [-0.25, -0.2) is 4.79 Å². The fourth-order valence-electron chi connectivity index (χ4n) is 1.40. The van der Waals surface area contributed by atoms with Crippen LogP contribution in [0.1, 0.15) is 16.1 Å². The van der Waals surface area contributed by atoms with Crippen LogP contribution in [0, 0.1) is 6.92 Å². The van der Waals surface area contributed by atoms with E-state index in [9.17, 15) is 4.79 Å². The molecule has 0 bridgehead atoms. The van der Waals surface area contributed by atoms with Crippen molar-refractivity contribution < 1.29 is 9.90 Å². The van der Waals surface area contributed by atoms with Gasteiger partial charge < -0.3 is 5.11 Å². The van der Waals surface area contributed by atoms with Gasteiger partial charge in [0, 0.05) is 17.5 Å². The smallest absolute Gasteiger partial charge is 0.339 e. The SMILES string of the molecule is Cc1ncccc1-c1[nH]ncc1C(=O)O. The Bertz CT molecular complexity index is 505. The lowest BCUT2D eigenvalue weighted by atomic mass is 10.1. The lowest BCUT2D eigenvalue weighted by Crippen LogP contribution is -1.98. The number of hydrogen-bond donors (Lipinski definition) is 2. The van der Waals surface area contributed by atoms with E-state index < -0.39 is 5.97 Å². The van der Waals surface area contributed by atoms with Gasteiger partial charge in [-0.2, -0.15) is 5.10 Å². The van der Waals surface area contributed by atoms with Crippen LogP contribution in [0.5, 0.6) is 0 Å². The van der Waals surface area contributed by atoms with Crippen molar-refractivity contribution in [2.24, 2.45) is 0 Å². The van der Waals surface area contributed by atoms with E-state index in [0.29, 0.717) is 5.69 Å². The monoisotopic (exact) mass is 203 g/mol. The van der Waals surface area contributed by atoms with Gasteiger partial charge in [0.2, 0.25) is 0 Å². The maximum Gasteiger partial charge on any atom is 0.339 e. The van der Waals surface area contributed by atoms with Gasteiger partial charge in [-0.15, -0.1) is 0 Å². The van der Waals surface area contributed by atoms with Gasteiger partial charge in [0.25, 0.3) is 0 Å². The molecule has 2 aromatic heterocycles. The van der Waals surface area contributed by atoms with Crippen LogP contribution in [0.4, 0.5) is 0 Å². The molecule has 0 aliphatic heterocycles. The number of aryl methyl sites for hydroxylation is 1. The number of H-pyrrole nitrogens is 1. The number of hydrogen-bond acceptors (Lipinski definition) is 3. The van der Waals surface area contributed by atoms with Crippen molar-refractivity contribution in [1.82, 2.24) is 15.2 Å². The molecule has 5 heteroatoms. The topological polar surface area (TPSA) is 78.9 Å². The van der Waals surface area contributed by atoms with Gasteiger partial charge in [-0.3, -0.25) is 10.1 Å². The minimum absolute atomic E-state index is 0.158. The molecule has 0 aliphatic rings. The van der Waals surface area contributed by atoms with E-state index in [2.05, 4.69) is 15.2 Å². The zero-order valence-corrected chi connectivity index (χ0v) is 8.06. The van der Waals surface area contributed by atoms with Gasteiger partial charge in [-0.1, -0.05) is 0 Å². The van der Waals surface area contributed by atoms with Crippen LogP contribution in [-0.4, -0.2) is 26.3 Å². The van der Waals surface area contributed by atoms with Gasteiger partial charge >= 0.3 is 5.97 Å². The van der Waals surface area contributed by atoms with Crippen LogP contribution >= 0.6 is 0 Å². The maximum atomic E-state index is 10.9. The standard InChI is InChI=1S/C10H9N3O2/c1-6-7(3-2-4-11-6)9-8(10(14)15)5-12-13-9/h2-5H,1H3,(H,12,13)(H,14,15). The molecule has 0 saturated carbocycles. The van der Waals surface area contributed by atoms with Crippen LogP contribution in [0.2, 0.25) is 0 Å². The summed E-state index contributed by atoms with van der Waals surface area (Å²) in [7, 11) is 0. The molecule has 0 saturated heterocycles. The fourth-order valence-corrected chi connectivity index (χ4v) is 1.40. The van der Waals surface area contributed by atoms with Crippen LogP contribution < -0.4 is 0 Å². The second-order valence-electron chi connectivity index (χ2n) is 3.10. The number of aromatic carboxylic acids is 1. The number of nitrogens with zero attached hydrogens (tertiary/aromatic N) is 2. The molecule has 5 nitrogen and oxygen atoms in total. The molecular formula is C10H9N3O2. The lowest BCUT2D eigenvalue weighted by Gasteiger charge is -2.02. The average molecular weight is 203 g/mol. The lowest BCUT2D eigenvalue weighted by molar-refractivity contribution is 0.0698. The van der Waals surface area contributed by atoms with Crippen LogP contribution in [0.25, 0.3) is 11.3 Å². The van der Waals surface area contributed by atoms with Crippen molar-refractivity contribution in [1.29, 1.82) is 0 Å². The van der Waals surface area contributed by atoms with Crippen molar-refractivity contribution in [2.75, 3.05) is 0 Å². The molecule has 0 aromatic carbocycles. The summed E-state index contributed by atoms with van der Waals surface area (Å²) in [6.07, 6.45) is 2.96. The third-order valence-corrected chi connectivity index (χ3v) is 2.15. The molecule has 0 radical (unpaired) electrons. The number of nitrogens with one attached hydrogen (secondary N) is 1. The first-order valence-electron chi connectivity index (χ1n) is 4.39. The van der Waals surface area contributed by atoms with Crippen molar-refractivity contribution in [3.8, 4) is 11.3 Å². The predicted octanol–water partition coefficient (Wildman–Crippen LogP) is 1.48. The Kier molecular flexibility index (Phi) is 2.21. The molecule has 0 unspecified atom stereocenters. The van der Waals surface area contributed by atoms with Crippen molar-refractivity contribution in [3.63, 3.8) is 0 Å². The number of rotatable bonds is 2. The molecule has 15 heavy (non-hydrogen) atoms. The first-order chi connectivity index (χ1) is 7.20. The highest BCUT2D eigenvalue weighted by Crippen LogP contribution is 2.22. The number of carboxylic acid groups (broad SMARTS) is 1. The van der Waals surface area contributed by atoms with Crippen LogP contribution in [0.15, 0.2) is 24.5 Å². The molecule has 0 spiro atoms. The van der Waals surface area contributed by atoms with E-state index in [1.165, 1.54) is 6.20 Å². The normalized spacial score (nSPS) is 10.2. The summed E-state index contributed by atoms with van der Waals surface area (Å²) >= 11 is 0. The summed E-state index contributed by atoms with van der Waals surface area (Å²) in [4.78, 5) is 15.0. The number of carbonyl (C=O) groups is 1. The first-order valence-corrected chi connectivity index (χ1v) is 4.39. The molecule has 0 aliphatic carbocycles. The van der Waals surface area contributed by atoms with Crippen molar-refractivity contribution in [3.05, 3.63) is 35.8 Å². The molecule has 76 valence electrons. The van der Waals surface area contributed by atoms with Crippen LogP contribution in [0.3, 0.4) is 0 Å². The average Bonchev–Trinajstić information content (AvgIpc) is 2.67. The second-order valence-corrected chi connectivity index (χ2v) is 3.10. The van der Waals surface area contributed by atoms with Crippen LogP contribution in [-0.2, 0) is 0 Å². The largest absolute Gasteiger partial charge is 0.478 e. The Hall–Kier alpha value is -2.17. The minimum Gasteiger partial charge on any atom is -0.478 e. The molecule has 0 atom stereocenters.